The molecule has 304 valence electrons. The molecule has 1 aromatic heterocycles. The number of nitrogens with one attached hydrogen (secondary N) is 4. The molecule has 4 atom stereocenters. The Hall–Kier alpha value is -5.40. The van der Waals surface area contributed by atoms with Crippen molar-refractivity contribution in [2.45, 2.75) is 75.8 Å². The van der Waals surface area contributed by atoms with Gasteiger partial charge >= 0.3 is 6.09 Å². The standard InChI is InChI=1S/C45H50ClN5O7/c1-51(2)30-13-14-31(51)23-32(22-30)58-45(56)49-37-20-27(12-15-33(37)28-9-5-4-6-10-28)8-7-11-42(54)48-38-24-41(57-3)29(21-36(38)46)25-47-26-40(53)34-16-18-39(52)44-35(34)17-19-43(55)50-44/h4-6,9-10,12,15-21,24,30-32,40,47,53H,7-8,11,13-14,22-23,25-26H2,1-3H3,(H3-,48,49,50,52,54,55,56)/p+1/t30-,31?,32?,40+/m1/s1. The number of fused-ring (bicyclic) bond motifs is 3. The third kappa shape index (κ3) is 9.16. The second-order valence-corrected chi connectivity index (χ2v) is 16.3. The van der Waals surface area contributed by atoms with Crippen molar-refractivity contribution in [3.63, 3.8) is 0 Å². The number of anilines is 2. The number of hydrogen-bond donors (Lipinski definition) is 6. The minimum absolute atomic E-state index is 0.0803. The summed E-state index contributed by atoms with van der Waals surface area (Å²) in [7, 11) is 6.10. The zero-order chi connectivity index (χ0) is 41.0. The number of halogens is 1. The largest absolute Gasteiger partial charge is 0.506 e. The van der Waals surface area contributed by atoms with Gasteiger partial charge in [0.25, 0.3) is 0 Å². The Bertz CT molecular complexity index is 2330. The van der Waals surface area contributed by atoms with Gasteiger partial charge in [-0.15, -0.1) is 0 Å². The monoisotopic (exact) mass is 808 g/mol. The van der Waals surface area contributed by atoms with E-state index in [9.17, 15) is 24.6 Å². The van der Waals surface area contributed by atoms with Crippen molar-refractivity contribution >= 4 is 45.9 Å². The molecular weight excluding hydrogens is 758 g/mol. The van der Waals surface area contributed by atoms with Crippen LogP contribution in [-0.4, -0.2) is 77.6 Å². The molecule has 0 saturated carbocycles. The number of phenols is 1. The van der Waals surface area contributed by atoms with E-state index < -0.39 is 12.2 Å². The molecule has 0 radical (unpaired) electrons. The van der Waals surface area contributed by atoms with E-state index in [0.29, 0.717) is 64.6 Å². The van der Waals surface area contributed by atoms with E-state index in [4.69, 9.17) is 21.1 Å². The average Bonchev–Trinajstić information content (AvgIpc) is 3.32. The Kier molecular flexibility index (Phi) is 12.4. The lowest BCUT2D eigenvalue weighted by molar-refractivity contribution is -0.931. The Morgan fingerprint density at radius 2 is 1.71 bits per heavy atom. The number of aromatic amines is 1. The molecule has 58 heavy (non-hydrogen) atoms. The highest BCUT2D eigenvalue weighted by atomic mass is 35.5. The third-order valence-corrected chi connectivity index (χ3v) is 12.2. The van der Waals surface area contributed by atoms with Gasteiger partial charge in [-0.1, -0.05) is 60.1 Å². The topological polar surface area (TPSA) is 162 Å². The first kappa shape index (κ1) is 40.8. The summed E-state index contributed by atoms with van der Waals surface area (Å²) in [5.74, 6) is 0.222. The molecule has 3 heterocycles. The number of aromatic hydroxyl groups is 1. The number of benzene rings is 4. The second-order valence-electron chi connectivity index (χ2n) is 15.9. The van der Waals surface area contributed by atoms with E-state index in [2.05, 4.69) is 35.0 Å². The molecule has 0 spiro atoms. The van der Waals surface area contributed by atoms with Crippen molar-refractivity contribution in [3.05, 3.63) is 117 Å². The van der Waals surface area contributed by atoms with Gasteiger partial charge in [0.2, 0.25) is 11.5 Å². The summed E-state index contributed by atoms with van der Waals surface area (Å²) in [6.07, 6.45) is 4.02. The first-order chi connectivity index (χ1) is 27.9. The van der Waals surface area contributed by atoms with Crippen LogP contribution in [0, 0.1) is 0 Å². The maximum atomic E-state index is 13.3. The fourth-order valence-electron chi connectivity index (χ4n) is 8.62. The van der Waals surface area contributed by atoms with Gasteiger partial charge in [-0.25, -0.2) is 4.79 Å². The molecule has 2 fully saturated rings. The molecule has 2 aliphatic heterocycles. The van der Waals surface area contributed by atoms with E-state index in [-0.39, 0.29) is 41.8 Å². The van der Waals surface area contributed by atoms with Gasteiger partial charge in [-0.3, -0.25) is 14.9 Å². The van der Waals surface area contributed by atoms with Gasteiger partial charge in [-0.2, -0.15) is 0 Å². The molecule has 4 aromatic carbocycles. The predicted octanol–water partition coefficient (Wildman–Crippen LogP) is 7.67. The third-order valence-electron chi connectivity index (χ3n) is 11.9. The number of carbonyl (C=O) groups excluding carboxylic acids is 2. The molecule has 2 amide bonds. The first-order valence-corrected chi connectivity index (χ1v) is 20.2. The number of quaternary nitrogens is 1. The average molecular weight is 809 g/mol. The zero-order valence-corrected chi connectivity index (χ0v) is 33.8. The van der Waals surface area contributed by atoms with Crippen molar-refractivity contribution < 1.29 is 33.8 Å². The summed E-state index contributed by atoms with van der Waals surface area (Å²) in [4.78, 5) is 40.8. The van der Waals surface area contributed by atoms with Crippen molar-refractivity contribution in [1.29, 1.82) is 0 Å². The van der Waals surface area contributed by atoms with E-state index in [1.165, 1.54) is 32.1 Å². The Morgan fingerprint density at radius 1 is 0.948 bits per heavy atom. The van der Waals surface area contributed by atoms with Crippen LogP contribution in [0.1, 0.15) is 61.3 Å². The molecular formula is C45H51ClN5O7+. The smallest absolute Gasteiger partial charge is 0.411 e. The Labute approximate surface area is 342 Å². The van der Waals surface area contributed by atoms with Crippen LogP contribution in [0.15, 0.2) is 89.7 Å². The number of carbonyl (C=O) groups is 2. The van der Waals surface area contributed by atoms with Crippen molar-refractivity contribution in [1.82, 2.24) is 10.3 Å². The number of methoxy groups -OCH3 is 1. The highest BCUT2D eigenvalue weighted by Crippen LogP contribution is 2.41. The van der Waals surface area contributed by atoms with E-state index in [1.54, 1.807) is 24.3 Å². The summed E-state index contributed by atoms with van der Waals surface area (Å²) in [5.41, 5.74) is 5.12. The molecule has 5 aromatic rings. The minimum Gasteiger partial charge on any atom is -0.506 e. The molecule has 13 heteroatoms. The first-order valence-electron chi connectivity index (χ1n) is 19.8. The lowest BCUT2D eigenvalue weighted by atomic mass is 9.98. The molecule has 2 aliphatic rings. The number of nitrogens with zero attached hydrogens (tertiary/aromatic N) is 1. The number of rotatable bonds is 14. The SMILES string of the molecule is COc1cc(NC(=O)CCCc2ccc(-c3ccccc3)c(NC(=O)OC3CC4CC[C@H](C3)[N+]4(C)C)c2)c(Cl)cc1CNC[C@H](O)c1ccc(O)c2[nH]c(=O)ccc12. The predicted molar refractivity (Wildman–Crippen MR) is 226 cm³/mol. The summed E-state index contributed by atoms with van der Waals surface area (Å²) in [5, 5.41) is 31.2. The zero-order valence-electron chi connectivity index (χ0n) is 33.0. The molecule has 7 rings (SSSR count). The fourth-order valence-corrected chi connectivity index (χ4v) is 8.86. The van der Waals surface area contributed by atoms with Crippen LogP contribution in [0.25, 0.3) is 22.0 Å². The Morgan fingerprint density at radius 3 is 2.45 bits per heavy atom. The molecule has 0 aliphatic carbocycles. The number of ether oxygens (including phenoxy) is 2. The maximum absolute atomic E-state index is 13.3. The summed E-state index contributed by atoms with van der Waals surface area (Å²) >= 11 is 6.63. The number of hydrogen-bond acceptors (Lipinski definition) is 8. The molecule has 2 unspecified atom stereocenters. The van der Waals surface area contributed by atoms with Crippen LogP contribution < -0.4 is 26.2 Å². The minimum atomic E-state index is -0.941. The quantitative estimate of drug-likeness (QED) is 0.0624. The number of aliphatic hydroxyl groups is 1. The van der Waals surface area contributed by atoms with Crippen LogP contribution >= 0.6 is 11.6 Å². The molecule has 12 nitrogen and oxygen atoms in total. The molecule has 2 bridgehead atoms. The Balaban J connectivity index is 0.936. The van der Waals surface area contributed by atoms with Gasteiger partial charge < -0.3 is 39.8 Å². The van der Waals surface area contributed by atoms with Gasteiger partial charge in [0.05, 0.1) is 61.3 Å². The van der Waals surface area contributed by atoms with E-state index >= 15 is 0 Å². The van der Waals surface area contributed by atoms with Gasteiger partial charge in [0.1, 0.15) is 17.6 Å². The number of piperidine rings is 1. The van der Waals surface area contributed by atoms with Gasteiger partial charge in [0, 0.05) is 73.8 Å². The van der Waals surface area contributed by atoms with Gasteiger partial charge in [0.15, 0.2) is 0 Å². The fraction of sp³-hybridized carbons (Fsp3) is 0.356. The van der Waals surface area contributed by atoms with Crippen molar-refractivity contribution in [2.24, 2.45) is 0 Å². The lowest BCUT2D eigenvalue weighted by Gasteiger charge is -2.43. The highest BCUT2D eigenvalue weighted by Gasteiger charge is 2.50. The number of phenolic OH excluding ortho intramolecular Hbond substituents is 1. The number of aliphatic hydroxyl groups excluding tert-OH is 1. The molecule has 6 N–H and O–H groups in total. The van der Waals surface area contributed by atoms with E-state index in [0.717, 1.165) is 39.6 Å². The molecule has 2 saturated heterocycles. The highest BCUT2D eigenvalue weighted by molar-refractivity contribution is 6.33. The van der Waals surface area contributed by atoms with Crippen molar-refractivity contribution in [3.8, 4) is 22.6 Å². The number of aromatic nitrogens is 1. The van der Waals surface area contributed by atoms with Crippen LogP contribution in [0.4, 0.5) is 16.2 Å². The number of amides is 2. The lowest BCUT2D eigenvalue weighted by Crippen LogP contribution is -2.56. The van der Waals surface area contributed by atoms with Crippen LogP contribution in [-0.2, 0) is 22.5 Å². The van der Waals surface area contributed by atoms with Gasteiger partial charge in [-0.05, 0) is 53.8 Å². The van der Waals surface area contributed by atoms with Crippen LogP contribution in [0.5, 0.6) is 11.5 Å². The summed E-state index contributed by atoms with van der Waals surface area (Å²) in [6.45, 7) is 0.464. The maximum Gasteiger partial charge on any atom is 0.411 e. The summed E-state index contributed by atoms with van der Waals surface area (Å²) in [6, 6.07) is 26.3. The number of pyridine rings is 1. The number of H-pyrrole nitrogens is 1. The summed E-state index contributed by atoms with van der Waals surface area (Å²) < 4.78 is 12.6. The normalized spacial score (nSPS) is 18.7. The van der Waals surface area contributed by atoms with E-state index in [1.807, 2.05) is 48.5 Å². The van der Waals surface area contributed by atoms with Crippen LogP contribution in [0.2, 0.25) is 5.02 Å². The second kappa shape index (κ2) is 17.6. The van der Waals surface area contributed by atoms with Crippen molar-refractivity contribution in [2.75, 3.05) is 38.4 Å². The number of aryl methyl sites for hydroxylation is 1. The van der Waals surface area contributed by atoms with Crippen LogP contribution in [0.3, 0.4) is 0 Å².